The van der Waals surface area contributed by atoms with Crippen LogP contribution in [0.25, 0.3) is 0 Å². The summed E-state index contributed by atoms with van der Waals surface area (Å²) in [7, 11) is 0. The number of aryl methyl sites for hydroxylation is 1. The van der Waals surface area contributed by atoms with Gasteiger partial charge >= 0.3 is 0 Å². The molecule has 0 saturated carbocycles. The van der Waals surface area contributed by atoms with Crippen molar-refractivity contribution in [2.45, 2.75) is 32.9 Å². The Balaban J connectivity index is 1.45. The van der Waals surface area contributed by atoms with Crippen LogP contribution in [0.3, 0.4) is 0 Å². The number of hydrogen-bond acceptors (Lipinski definition) is 7. The van der Waals surface area contributed by atoms with Gasteiger partial charge in [0.15, 0.2) is 5.82 Å². The number of nitrogens with zero attached hydrogens (tertiary/aromatic N) is 5. The quantitative estimate of drug-likeness (QED) is 0.773. The van der Waals surface area contributed by atoms with Crippen molar-refractivity contribution in [3.8, 4) is 0 Å². The van der Waals surface area contributed by atoms with Crippen LogP contribution in [0.15, 0.2) is 4.52 Å². The SMILES string of the molecule is Cc1nc(CN2CCCN(CC(=O)N3CCOC(C)C3)CC2)no1. The topological polar surface area (TPSA) is 74.9 Å². The Morgan fingerprint density at radius 3 is 2.75 bits per heavy atom. The summed E-state index contributed by atoms with van der Waals surface area (Å²) >= 11 is 0. The van der Waals surface area contributed by atoms with E-state index in [1.165, 1.54) is 0 Å². The van der Waals surface area contributed by atoms with E-state index >= 15 is 0 Å². The van der Waals surface area contributed by atoms with Crippen LogP contribution in [0.4, 0.5) is 0 Å². The fraction of sp³-hybridized carbons (Fsp3) is 0.812. The van der Waals surface area contributed by atoms with Crippen molar-refractivity contribution in [1.82, 2.24) is 24.8 Å². The third-order valence-corrected chi connectivity index (χ3v) is 4.57. The van der Waals surface area contributed by atoms with Crippen LogP contribution in [0.2, 0.25) is 0 Å². The normalized spacial score (nSPS) is 24.1. The average molecular weight is 337 g/mol. The number of rotatable bonds is 4. The molecular weight excluding hydrogens is 310 g/mol. The smallest absolute Gasteiger partial charge is 0.236 e. The molecule has 0 aromatic carbocycles. The zero-order valence-electron chi connectivity index (χ0n) is 14.6. The second-order valence-electron chi connectivity index (χ2n) is 6.66. The van der Waals surface area contributed by atoms with Crippen LogP contribution in [-0.4, -0.2) is 89.3 Å². The molecule has 3 rings (SSSR count). The van der Waals surface area contributed by atoms with E-state index in [1.807, 2.05) is 11.8 Å². The summed E-state index contributed by atoms with van der Waals surface area (Å²) < 4.78 is 10.5. The maximum absolute atomic E-state index is 12.5. The van der Waals surface area contributed by atoms with Gasteiger partial charge in [-0.05, 0) is 26.4 Å². The van der Waals surface area contributed by atoms with Crippen LogP contribution < -0.4 is 0 Å². The Morgan fingerprint density at radius 2 is 2.00 bits per heavy atom. The molecular formula is C16H27N5O3. The number of carbonyl (C=O) groups is 1. The second kappa shape index (κ2) is 8.04. The molecule has 1 unspecified atom stereocenters. The minimum atomic E-state index is 0.140. The number of aromatic nitrogens is 2. The lowest BCUT2D eigenvalue weighted by atomic mass is 10.3. The highest BCUT2D eigenvalue weighted by Crippen LogP contribution is 2.09. The van der Waals surface area contributed by atoms with Gasteiger partial charge in [0.2, 0.25) is 11.8 Å². The molecule has 1 aromatic heterocycles. The van der Waals surface area contributed by atoms with E-state index < -0.39 is 0 Å². The van der Waals surface area contributed by atoms with Crippen LogP contribution >= 0.6 is 0 Å². The standard InChI is InChI=1S/C16H27N5O3/c1-13-10-21(8-9-23-13)16(22)12-20-5-3-4-19(6-7-20)11-15-17-14(2)24-18-15/h13H,3-12H2,1-2H3. The van der Waals surface area contributed by atoms with Gasteiger partial charge in [-0.2, -0.15) is 4.98 Å². The maximum atomic E-state index is 12.5. The highest BCUT2D eigenvalue weighted by molar-refractivity contribution is 5.78. The molecule has 0 aliphatic carbocycles. The van der Waals surface area contributed by atoms with Crippen molar-refractivity contribution in [1.29, 1.82) is 0 Å². The highest BCUT2D eigenvalue weighted by Gasteiger charge is 2.24. The molecule has 0 N–H and O–H groups in total. The van der Waals surface area contributed by atoms with E-state index in [4.69, 9.17) is 9.26 Å². The highest BCUT2D eigenvalue weighted by atomic mass is 16.5. The van der Waals surface area contributed by atoms with E-state index in [1.54, 1.807) is 6.92 Å². The van der Waals surface area contributed by atoms with Crippen molar-refractivity contribution in [2.75, 3.05) is 52.4 Å². The Kier molecular flexibility index (Phi) is 5.80. The molecule has 2 aliphatic heterocycles. The van der Waals surface area contributed by atoms with Gasteiger partial charge in [0.05, 0.1) is 25.8 Å². The van der Waals surface area contributed by atoms with Crippen molar-refractivity contribution in [3.63, 3.8) is 0 Å². The fourth-order valence-corrected chi connectivity index (χ4v) is 3.28. The number of amides is 1. The van der Waals surface area contributed by atoms with Crippen molar-refractivity contribution in [3.05, 3.63) is 11.7 Å². The molecule has 2 fully saturated rings. The molecule has 1 aromatic rings. The first kappa shape index (κ1) is 17.3. The molecule has 0 spiro atoms. The Hall–Kier alpha value is -1.51. The van der Waals surface area contributed by atoms with E-state index in [0.717, 1.165) is 38.4 Å². The van der Waals surface area contributed by atoms with E-state index in [2.05, 4.69) is 19.9 Å². The number of ether oxygens (including phenoxy) is 1. The minimum absolute atomic E-state index is 0.140. The van der Waals surface area contributed by atoms with Gasteiger partial charge in [0, 0.05) is 33.1 Å². The molecule has 0 radical (unpaired) electrons. The van der Waals surface area contributed by atoms with Crippen LogP contribution in [0, 0.1) is 6.92 Å². The monoisotopic (exact) mass is 337 g/mol. The summed E-state index contributed by atoms with van der Waals surface area (Å²) in [5.41, 5.74) is 0. The molecule has 134 valence electrons. The van der Waals surface area contributed by atoms with Crippen molar-refractivity contribution < 1.29 is 14.1 Å². The van der Waals surface area contributed by atoms with Gasteiger partial charge in [0.25, 0.3) is 0 Å². The molecule has 8 nitrogen and oxygen atoms in total. The summed E-state index contributed by atoms with van der Waals surface area (Å²) in [6, 6.07) is 0. The van der Waals surface area contributed by atoms with Crippen LogP contribution in [0.1, 0.15) is 25.1 Å². The van der Waals surface area contributed by atoms with Crippen LogP contribution in [0.5, 0.6) is 0 Å². The summed E-state index contributed by atoms with van der Waals surface area (Å²) in [5.74, 6) is 1.55. The summed E-state index contributed by atoms with van der Waals surface area (Å²) in [6.07, 6.45) is 1.18. The van der Waals surface area contributed by atoms with E-state index in [0.29, 0.717) is 38.7 Å². The third kappa shape index (κ3) is 4.75. The van der Waals surface area contributed by atoms with E-state index in [-0.39, 0.29) is 12.0 Å². The molecule has 3 heterocycles. The lowest BCUT2D eigenvalue weighted by Crippen LogP contribution is -2.48. The first-order valence-corrected chi connectivity index (χ1v) is 8.73. The lowest BCUT2D eigenvalue weighted by molar-refractivity contribution is -0.139. The largest absolute Gasteiger partial charge is 0.375 e. The number of carbonyl (C=O) groups excluding carboxylic acids is 1. The predicted octanol–water partition coefficient (Wildman–Crippen LogP) is 0.133. The van der Waals surface area contributed by atoms with Gasteiger partial charge in [-0.3, -0.25) is 14.6 Å². The zero-order valence-corrected chi connectivity index (χ0v) is 14.6. The lowest BCUT2D eigenvalue weighted by Gasteiger charge is -2.32. The average Bonchev–Trinajstić information content (AvgIpc) is 2.83. The van der Waals surface area contributed by atoms with Gasteiger partial charge in [0.1, 0.15) is 0 Å². The van der Waals surface area contributed by atoms with Crippen molar-refractivity contribution in [2.24, 2.45) is 0 Å². The van der Waals surface area contributed by atoms with Gasteiger partial charge < -0.3 is 14.2 Å². The molecule has 0 bridgehead atoms. The molecule has 24 heavy (non-hydrogen) atoms. The fourth-order valence-electron chi connectivity index (χ4n) is 3.28. The molecule has 8 heteroatoms. The zero-order chi connectivity index (χ0) is 16.9. The first-order valence-electron chi connectivity index (χ1n) is 8.73. The molecule has 1 atom stereocenters. The predicted molar refractivity (Wildman–Crippen MR) is 87.4 cm³/mol. The van der Waals surface area contributed by atoms with Gasteiger partial charge in [-0.1, -0.05) is 5.16 Å². The second-order valence-corrected chi connectivity index (χ2v) is 6.66. The number of hydrogen-bond donors (Lipinski definition) is 0. The first-order chi connectivity index (χ1) is 11.6. The van der Waals surface area contributed by atoms with Gasteiger partial charge in [-0.15, -0.1) is 0 Å². The summed E-state index contributed by atoms with van der Waals surface area (Å²) in [4.78, 5) is 23.3. The molecule has 2 aliphatic rings. The van der Waals surface area contributed by atoms with Crippen molar-refractivity contribution >= 4 is 5.91 Å². The third-order valence-electron chi connectivity index (χ3n) is 4.57. The Bertz CT molecular complexity index is 550. The Morgan fingerprint density at radius 1 is 1.21 bits per heavy atom. The maximum Gasteiger partial charge on any atom is 0.236 e. The van der Waals surface area contributed by atoms with E-state index in [9.17, 15) is 4.79 Å². The number of morpholine rings is 1. The molecule has 1 amide bonds. The van der Waals surface area contributed by atoms with Crippen LogP contribution in [-0.2, 0) is 16.1 Å². The summed E-state index contributed by atoms with van der Waals surface area (Å²) in [5, 5.41) is 3.96. The summed E-state index contributed by atoms with van der Waals surface area (Å²) in [6.45, 7) is 10.8. The minimum Gasteiger partial charge on any atom is -0.375 e. The Labute approximate surface area is 142 Å². The molecule has 2 saturated heterocycles. The van der Waals surface area contributed by atoms with Gasteiger partial charge in [-0.25, -0.2) is 0 Å².